The van der Waals surface area contributed by atoms with Crippen molar-refractivity contribution in [3.63, 3.8) is 0 Å². The Kier molecular flexibility index (Phi) is 2.43. The number of anilines is 1. The monoisotopic (exact) mass is 281 g/mol. The fraction of sp³-hybridized carbons (Fsp3) is 0.200. The van der Waals surface area contributed by atoms with Crippen LogP contribution in [0.4, 0.5) is 5.82 Å². The number of nitrogen functional groups attached to an aromatic ring is 1. The van der Waals surface area contributed by atoms with Crippen molar-refractivity contribution >= 4 is 33.7 Å². The highest BCUT2D eigenvalue weighted by Crippen LogP contribution is 2.33. The summed E-state index contributed by atoms with van der Waals surface area (Å²) in [7, 11) is 0. The Morgan fingerprint density at radius 3 is 2.71 bits per heavy atom. The predicted octanol–water partition coefficient (Wildman–Crippen LogP) is 1.01. The van der Waals surface area contributed by atoms with Gasteiger partial charge >= 0.3 is 0 Å². The number of para-hydroxylation sites is 1. The molecule has 0 saturated carbocycles. The summed E-state index contributed by atoms with van der Waals surface area (Å²) in [5, 5.41) is 5.25. The first kappa shape index (κ1) is 12.2. The van der Waals surface area contributed by atoms with Crippen LogP contribution in [0.1, 0.15) is 16.4 Å². The zero-order chi connectivity index (χ0) is 14.6. The van der Waals surface area contributed by atoms with E-state index in [9.17, 15) is 4.79 Å². The third kappa shape index (κ3) is 1.62. The minimum atomic E-state index is -0.552. The van der Waals surface area contributed by atoms with Gasteiger partial charge in [0.15, 0.2) is 0 Å². The first-order chi connectivity index (χ1) is 10.2. The molecule has 6 heteroatoms. The summed E-state index contributed by atoms with van der Waals surface area (Å²) < 4.78 is 2.20. The van der Waals surface area contributed by atoms with Gasteiger partial charge in [-0.15, -0.1) is 0 Å². The Hall–Kier alpha value is -2.60. The number of hydrogen-bond donors (Lipinski definition) is 3. The van der Waals surface area contributed by atoms with Crippen LogP contribution < -0.4 is 16.8 Å². The standard InChI is InChI=1S/C15H15N5O/c16-13-11(14(17)21)5-10-9-3-1-2-4-12(9)20(15(10)19-13)8-6-18-7-8/h1-5,8,18H,6-7H2,(H2,16,19)(H2,17,21). The minimum Gasteiger partial charge on any atom is -0.383 e. The molecule has 6 nitrogen and oxygen atoms in total. The first-order valence-electron chi connectivity index (χ1n) is 6.86. The molecule has 0 bridgehead atoms. The fourth-order valence-corrected chi connectivity index (χ4v) is 2.95. The number of nitrogens with one attached hydrogen (secondary N) is 1. The van der Waals surface area contributed by atoms with Crippen LogP contribution in [-0.4, -0.2) is 28.5 Å². The third-order valence-electron chi connectivity index (χ3n) is 4.10. The van der Waals surface area contributed by atoms with Gasteiger partial charge in [0.2, 0.25) is 0 Å². The Bertz CT molecular complexity index is 879. The number of rotatable bonds is 2. The lowest BCUT2D eigenvalue weighted by molar-refractivity contribution is 0.100. The van der Waals surface area contributed by atoms with Crippen molar-refractivity contribution in [2.45, 2.75) is 6.04 Å². The molecule has 0 aliphatic carbocycles. The topological polar surface area (TPSA) is 99.0 Å². The number of primary amides is 1. The van der Waals surface area contributed by atoms with Crippen molar-refractivity contribution in [1.29, 1.82) is 0 Å². The molecule has 1 saturated heterocycles. The molecule has 1 amide bonds. The lowest BCUT2D eigenvalue weighted by Crippen LogP contribution is -2.43. The maximum absolute atomic E-state index is 11.5. The van der Waals surface area contributed by atoms with Gasteiger partial charge in [0, 0.05) is 23.9 Å². The zero-order valence-corrected chi connectivity index (χ0v) is 11.3. The summed E-state index contributed by atoms with van der Waals surface area (Å²) in [6.07, 6.45) is 0. The molecule has 1 aliphatic heterocycles. The number of aromatic nitrogens is 2. The van der Waals surface area contributed by atoms with Gasteiger partial charge in [-0.25, -0.2) is 4.98 Å². The zero-order valence-electron chi connectivity index (χ0n) is 11.3. The van der Waals surface area contributed by atoms with E-state index in [2.05, 4.69) is 20.9 Å². The Balaban J connectivity index is 2.14. The summed E-state index contributed by atoms with van der Waals surface area (Å²) in [5.41, 5.74) is 13.5. The predicted molar refractivity (Wildman–Crippen MR) is 82.1 cm³/mol. The van der Waals surface area contributed by atoms with E-state index >= 15 is 0 Å². The molecule has 0 spiro atoms. The van der Waals surface area contributed by atoms with Crippen molar-refractivity contribution in [3.05, 3.63) is 35.9 Å². The highest BCUT2D eigenvalue weighted by atomic mass is 16.1. The van der Waals surface area contributed by atoms with Crippen LogP contribution in [0.2, 0.25) is 0 Å². The number of carbonyl (C=O) groups excluding carboxylic acids is 1. The Morgan fingerprint density at radius 2 is 2.05 bits per heavy atom. The summed E-state index contributed by atoms with van der Waals surface area (Å²) in [4.78, 5) is 15.9. The van der Waals surface area contributed by atoms with E-state index in [0.29, 0.717) is 6.04 Å². The number of hydrogen-bond acceptors (Lipinski definition) is 4. The number of amides is 1. The molecule has 1 aromatic carbocycles. The fourth-order valence-electron chi connectivity index (χ4n) is 2.95. The SMILES string of the molecule is NC(=O)c1cc2c3ccccc3n(C3CNC3)c2nc1N. The first-order valence-corrected chi connectivity index (χ1v) is 6.86. The van der Waals surface area contributed by atoms with Gasteiger partial charge in [-0.2, -0.15) is 0 Å². The molecule has 0 atom stereocenters. The van der Waals surface area contributed by atoms with Gasteiger partial charge in [-0.3, -0.25) is 4.79 Å². The lowest BCUT2D eigenvalue weighted by atomic mass is 10.1. The van der Waals surface area contributed by atoms with E-state index in [1.807, 2.05) is 18.2 Å². The second-order valence-corrected chi connectivity index (χ2v) is 5.36. The normalized spacial score (nSPS) is 15.4. The number of carbonyl (C=O) groups is 1. The maximum Gasteiger partial charge on any atom is 0.252 e. The second-order valence-electron chi connectivity index (χ2n) is 5.36. The quantitative estimate of drug-likeness (QED) is 0.653. The molecule has 106 valence electrons. The van der Waals surface area contributed by atoms with Gasteiger partial charge in [0.25, 0.3) is 5.91 Å². The molecule has 5 N–H and O–H groups in total. The van der Waals surface area contributed by atoms with Gasteiger partial charge in [-0.05, 0) is 12.1 Å². The third-order valence-corrected chi connectivity index (χ3v) is 4.10. The second kappa shape index (κ2) is 4.20. The minimum absolute atomic E-state index is 0.186. The van der Waals surface area contributed by atoms with Crippen LogP contribution in [0.3, 0.4) is 0 Å². The average molecular weight is 281 g/mol. The van der Waals surface area contributed by atoms with Gasteiger partial charge in [-0.1, -0.05) is 18.2 Å². The van der Waals surface area contributed by atoms with E-state index in [1.165, 1.54) is 0 Å². The van der Waals surface area contributed by atoms with Crippen molar-refractivity contribution in [3.8, 4) is 0 Å². The summed E-state index contributed by atoms with van der Waals surface area (Å²) >= 11 is 0. The van der Waals surface area contributed by atoms with E-state index < -0.39 is 5.91 Å². The van der Waals surface area contributed by atoms with E-state index in [-0.39, 0.29) is 11.4 Å². The molecule has 1 aliphatic rings. The van der Waals surface area contributed by atoms with Crippen LogP contribution in [0.5, 0.6) is 0 Å². The molecular weight excluding hydrogens is 266 g/mol. The molecule has 0 unspecified atom stereocenters. The summed E-state index contributed by atoms with van der Waals surface area (Å²) in [6.45, 7) is 1.82. The van der Waals surface area contributed by atoms with Crippen molar-refractivity contribution in [1.82, 2.24) is 14.9 Å². The smallest absolute Gasteiger partial charge is 0.252 e. The molecule has 4 rings (SSSR count). The molecule has 3 aromatic rings. The number of nitrogens with two attached hydrogens (primary N) is 2. The van der Waals surface area contributed by atoms with Crippen LogP contribution in [0, 0.1) is 0 Å². The van der Waals surface area contributed by atoms with Crippen molar-refractivity contribution < 1.29 is 4.79 Å². The van der Waals surface area contributed by atoms with Gasteiger partial charge < -0.3 is 21.4 Å². The van der Waals surface area contributed by atoms with Crippen LogP contribution in [0.25, 0.3) is 21.9 Å². The highest BCUT2D eigenvalue weighted by molar-refractivity contribution is 6.10. The maximum atomic E-state index is 11.5. The van der Waals surface area contributed by atoms with E-state index in [4.69, 9.17) is 11.5 Å². The number of pyridine rings is 1. The van der Waals surface area contributed by atoms with Crippen molar-refractivity contribution in [2.24, 2.45) is 5.73 Å². The molecule has 3 heterocycles. The van der Waals surface area contributed by atoms with Crippen LogP contribution in [-0.2, 0) is 0 Å². The largest absolute Gasteiger partial charge is 0.383 e. The summed E-state index contributed by atoms with van der Waals surface area (Å²) in [5.74, 6) is -0.365. The average Bonchev–Trinajstić information content (AvgIpc) is 2.71. The molecular formula is C15H15N5O. The molecule has 21 heavy (non-hydrogen) atoms. The van der Waals surface area contributed by atoms with Gasteiger partial charge in [0.1, 0.15) is 11.5 Å². The Labute approximate surface area is 120 Å². The highest BCUT2D eigenvalue weighted by Gasteiger charge is 2.25. The van der Waals surface area contributed by atoms with E-state index in [0.717, 1.165) is 35.0 Å². The number of nitrogens with zero attached hydrogens (tertiary/aromatic N) is 2. The summed E-state index contributed by atoms with van der Waals surface area (Å²) in [6, 6.07) is 10.2. The molecule has 1 fully saturated rings. The molecule has 2 aromatic heterocycles. The lowest BCUT2D eigenvalue weighted by Gasteiger charge is -2.29. The number of benzene rings is 1. The van der Waals surface area contributed by atoms with Crippen LogP contribution >= 0.6 is 0 Å². The van der Waals surface area contributed by atoms with Gasteiger partial charge in [0.05, 0.1) is 17.1 Å². The van der Waals surface area contributed by atoms with Crippen molar-refractivity contribution in [2.75, 3.05) is 18.8 Å². The molecule has 0 radical (unpaired) electrons. The number of fused-ring (bicyclic) bond motifs is 3. The Morgan fingerprint density at radius 1 is 1.29 bits per heavy atom. The van der Waals surface area contributed by atoms with E-state index in [1.54, 1.807) is 6.07 Å². The van der Waals surface area contributed by atoms with Crippen LogP contribution in [0.15, 0.2) is 30.3 Å².